The van der Waals surface area contributed by atoms with Gasteiger partial charge in [-0.25, -0.2) is 14.2 Å². The van der Waals surface area contributed by atoms with E-state index in [4.69, 9.17) is 0 Å². The Morgan fingerprint density at radius 3 is 2.69 bits per heavy atom. The summed E-state index contributed by atoms with van der Waals surface area (Å²) in [5.74, 6) is 0.529. The van der Waals surface area contributed by atoms with Crippen LogP contribution in [0, 0.1) is 11.8 Å². The highest BCUT2D eigenvalue weighted by atomic mass is 19.1. The lowest BCUT2D eigenvalue weighted by Crippen LogP contribution is -2.23. The number of hydrogen-bond donors (Lipinski definition) is 0. The van der Waals surface area contributed by atoms with Crippen LogP contribution in [0.2, 0.25) is 0 Å². The Bertz CT molecular complexity index is 215. The molecule has 2 nitrogen and oxygen atoms in total. The lowest BCUT2D eigenvalue weighted by molar-refractivity contribution is 0.125. The Hall–Kier alpha value is -0.690. The van der Waals surface area contributed by atoms with Gasteiger partial charge in [-0.15, -0.1) is 0 Å². The molecule has 0 saturated heterocycles. The first-order chi connectivity index (χ1) is 6.04. The van der Waals surface area contributed by atoms with Gasteiger partial charge in [0.1, 0.15) is 5.67 Å². The molecule has 0 bridgehead atoms. The summed E-state index contributed by atoms with van der Waals surface area (Å²) in [7, 11) is 0. The van der Waals surface area contributed by atoms with Crippen LogP contribution in [-0.4, -0.2) is 18.3 Å². The highest BCUT2D eigenvalue weighted by molar-refractivity contribution is 5.32. The standard InChI is InChI=1S/C10H16FNO/c1-10(2,11)9-4-3-8(5-9)6-12-7-13/h8-9H,3-6H2,1-2H3. The first kappa shape index (κ1) is 10.4. The van der Waals surface area contributed by atoms with Gasteiger partial charge in [-0.05, 0) is 44.9 Å². The van der Waals surface area contributed by atoms with Crippen molar-refractivity contribution < 1.29 is 9.18 Å². The molecule has 0 radical (unpaired) electrons. The molecule has 0 heterocycles. The minimum Gasteiger partial charge on any atom is -0.244 e. The van der Waals surface area contributed by atoms with Crippen molar-refractivity contribution in [2.24, 2.45) is 16.8 Å². The molecule has 1 rings (SSSR count). The van der Waals surface area contributed by atoms with E-state index in [0.717, 1.165) is 19.3 Å². The van der Waals surface area contributed by atoms with Gasteiger partial charge in [0.25, 0.3) is 0 Å². The number of rotatable bonds is 3. The zero-order valence-electron chi connectivity index (χ0n) is 8.22. The number of carbonyl (C=O) groups excluding carboxylic acids is 1. The van der Waals surface area contributed by atoms with Crippen molar-refractivity contribution in [3.8, 4) is 0 Å². The van der Waals surface area contributed by atoms with Crippen LogP contribution in [0.15, 0.2) is 4.99 Å². The van der Waals surface area contributed by atoms with Crippen molar-refractivity contribution in [1.82, 2.24) is 0 Å². The zero-order valence-corrected chi connectivity index (χ0v) is 8.22. The van der Waals surface area contributed by atoms with Gasteiger partial charge in [-0.3, -0.25) is 0 Å². The summed E-state index contributed by atoms with van der Waals surface area (Å²) in [6.07, 6.45) is 4.29. The first-order valence-electron chi connectivity index (χ1n) is 4.76. The summed E-state index contributed by atoms with van der Waals surface area (Å²) in [4.78, 5) is 13.4. The lowest BCUT2D eigenvalue weighted by atomic mass is 9.90. The number of halogens is 1. The topological polar surface area (TPSA) is 29.4 Å². The maximum Gasteiger partial charge on any atom is 0.234 e. The normalized spacial score (nSPS) is 28.5. The van der Waals surface area contributed by atoms with E-state index in [2.05, 4.69) is 4.99 Å². The van der Waals surface area contributed by atoms with Crippen LogP contribution in [0.1, 0.15) is 33.1 Å². The first-order valence-corrected chi connectivity index (χ1v) is 4.76. The van der Waals surface area contributed by atoms with Gasteiger partial charge in [-0.2, -0.15) is 0 Å². The molecule has 0 N–H and O–H groups in total. The number of hydrogen-bond acceptors (Lipinski definition) is 2. The highest BCUT2D eigenvalue weighted by Crippen LogP contribution is 2.39. The molecule has 74 valence electrons. The molecule has 0 aromatic rings. The maximum absolute atomic E-state index is 13.5. The van der Waals surface area contributed by atoms with Gasteiger partial charge in [0.2, 0.25) is 6.08 Å². The van der Waals surface area contributed by atoms with E-state index >= 15 is 0 Å². The summed E-state index contributed by atoms with van der Waals surface area (Å²) < 4.78 is 13.5. The molecular weight excluding hydrogens is 169 g/mol. The van der Waals surface area contributed by atoms with E-state index in [-0.39, 0.29) is 5.92 Å². The van der Waals surface area contributed by atoms with Crippen molar-refractivity contribution in [2.45, 2.75) is 38.8 Å². The Kier molecular flexibility index (Phi) is 3.21. The van der Waals surface area contributed by atoms with Gasteiger partial charge >= 0.3 is 0 Å². The second kappa shape index (κ2) is 4.01. The molecule has 0 spiro atoms. The van der Waals surface area contributed by atoms with E-state index < -0.39 is 5.67 Å². The van der Waals surface area contributed by atoms with Crippen LogP contribution < -0.4 is 0 Å². The third-order valence-electron chi connectivity index (χ3n) is 2.93. The molecule has 1 aliphatic rings. The average Bonchev–Trinajstić information content (AvgIpc) is 2.47. The second-order valence-corrected chi connectivity index (χ2v) is 4.37. The molecule has 3 heteroatoms. The maximum atomic E-state index is 13.5. The van der Waals surface area contributed by atoms with Crippen LogP contribution in [-0.2, 0) is 4.79 Å². The largest absolute Gasteiger partial charge is 0.244 e. The summed E-state index contributed by atoms with van der Waals surface area (Å²) in [6, 6.07) is 0. The molecule has 1 aliphatic carbocycles. The van der Waals surface area contributed by atoms with E-state index in [1.54, 1.807) is 13.8 Å². The van der Waals surface area contributed by atoms with Crippen LogP contribution >= 0.6 is 0 Å². The lowest BCUT2D eigenvalue weighted by Gasteiger charge is -2.22. The third kappa shape index (κ3) is 2.92. The van der Waals surface area contributed by atoms with Crippen molar-refractivity contribution in [2.75, 3.05) is 6.54 Å². The SMILES string of the molecule is CC(C)(F)C1CCC(CN=C=O)C1. The fraction of sp³-hybridized carbons (Fsp3) is 0.900. The Morgan fingerprint density at radius 1 is 1.54 bits per heavy atom. The smallest absolute Gasteiger partial charge is 0.234 e. The van der Waals surface area contributed by atoms with Crippen molar-refractivity contribution in [1.29, 1.82) is 0 Å². The van der Waals surface area contributed by atoms with Gasteiger partial charge in [0.15, 0.2) is 0 Å². The average molecular weight is 185 g/mol. The molecule has 1 saturated carbocycles. The molecule has 0 aromatic carbocycles. The van der Waals surface area contributed by atoms with E-state index in [1.807, 2.05) is 0 Å². The Morgan fingerprint density at radius 2 is 2.23 bits per heavy atom. The number of alkyl halides is 1. The Balaban J connectivity index is 2.40. The highest BCUT2D eigenvalue weighted by Gasteiger charge is 2.35. The zero-order chi connectivity index (χ0) is 9.90. The summed E-state index contributed by atoms with van der Waals surface area (Å²) >= 11 is 0. The van der Waals surface area contributed by atoms with Crippen molar-refractivity contribution in [3.63, 3.8) is 0 Å². The molecular formula is C10H16FNO. The van der Waals surface area contributed by atoms with Crippen LogP contribution in [0.25, 0.3) is 0 Å². The second-order valence-electron chi connectivity index (χ2n) is 4.37. The van der Waals surface area contributed by atoms with E-state index in [9.17, 15) is 9.18 Å². The molecule has 13 heavy (non-hydrogen) atoms. The Labute approximate surface area is 78.2 Å². The minimum absolute atomic E-state index is 0.138. The fourth-order valence-corrected chi connectivity index (χ4v) is 2.03. The number of nitrogens with zero attached hydrogens (tertiary/aromatic N) is 1. The summed E-state index contributed by atoms with van der Waals surface area (Å²) in [5.41, 5.74) is -1.08. The molecule has 2 unspecified atom stereocenters. The number of aliphatic imine (C=N–C) groups is 1. The predicted octanol–water partition coefficient (Wildman–Crippen LogP) is 2.49. The number of isocyanates is 1. The molecule has 0 amide bonds. The van der Waals surface area contributed by atoms with Gasteiger partial charge < -0.3 is 0 Å². The monoisotopic (exact) mass is 185 g/mol. The summed E-state index contributed by atoms with van der Waals surface area (Å²) in [6.45, 7) is 3.78. The quantitative estimate of drug-likeness (QED) is 0.490. The van der Waals surface area contributed by atoms with Crippen LogP contribution in [0.5, 0.6) is 0 Å². The van der Waals surface area contributed by atoms with Gasteiger partial charge in [-0.1, -0.05) is 0 Å². The molecule has 1 fully saturated rings. The minimum atomic E-state index is -1.08. The summed E-state index contributed by atoms with van der Waals surface area (Å²) in [5, 5.41) is 0. The van der Waals surface area contributed by atoms with Crippen molar-refractivity contribution in [3.05, 3.63) is 0 Å². The van der Waals surface area contributed by atoms with Gasteiger partial charge in [0.05, 0.1) is 6.54 Å². The van der Waals surface area contributed by atoms with E-state index in [0.29, 0.717) is 12.5 Å². The third-order valence-corrected chi connectivity index (χ3v) is 2.93. The van der Waals surface area contributed by atoms with Crippen LogP contribution in [0.4, 0.5) is 4.39 Å². The predicted molar refractivity (Wildman–Crippen MR) is 49.0 cm³/mol. The fourth-order valence-electron chi connectivity index (χ4n) is 2.03. The van der Waals surface area contributed by atoms with E-state index in [1.165, 1.54) is 6.08 Å². The van der Waals surface area contributed by atoms with Crippen LogP contribution in [0.3, 0.4) is 0 Å². The molecule has 0 aliphatic heterocycles. The van der Waals surface area contributed by atoms with Gasteiger partial charge in [0, 0.05) is 0 Å². The van der Waals surface area contributed by atoms with Crippen molar-refractivity contribution >= 4 is 6.08 Å². The molecule has 2 atom stereocenters. The molecule has 0 aromatic heterocycles.